The van der Waals surface area contributed by atoms with Crippen LogP contribution in [0.4, 0.5) is 0 Å². The van der Waals surface area contributed by atoms with Gasteiger partial charge in [0.1, 0.15) is 0 Å². The van der Waals surface area contributed by atoms with Crippen LogP contribution in [-0.2, 0) is 0 Å². The Kier molecular flexibility index (Phi) is 8.57. The molecule has 0 aliphatic heterocycles. The standard InChI is InChI=1S/C55H34N6S/c1-4-16-35(17-5-1)36-28-30-39(31-29-36)53-58-52(38-20-8-3-9-21-38)59-55(60-53)44-34-40(32-33-47(44)61-45-25-13-10-22-41(45)42-23-11-14-26-46(42)61)54-56-49(37-18-6-2-7-19-37)51-50(57-54)43-24-12-15-27-48(43)62-51/h1-34H. The summed E-state index contributed by atoms with van der Waals surface area (Å²) < 4.78 is 4.57. The Morgan fingerprint density at radius 3 is 1.47 bits per heavy atom. The van der Waals surface area contributed by atoms with E-state index in [4.69, 9.17) is 24.9 Å². The van der Waals surface area contributed by atoms with Gasteiger partial charge in [-0.25, -0.2) is 24.9 Å². The number of benzene rings is 8. The van der Waals surface area contributed by atoms with E-state index in [1.807, 2.05) is 42.5 Å². The summed E-state index contributed by atoms with van der Waals surface area (Å²) in [7, 11) is 0. The average molecular weight is 811 g/mol. The Labute approximate surface area is 361 Å². The molecule has 0 aliphatic rings. The van der Waals surface area contributed by atoms with Gasteiger partial charge in [0, 0.05) is 48.7 Å². The van der Waals surface area contributed by atoms with Gasteiger partial charge in [-0.1, -0.05) is 170 Å². The van der Waals surface area contributed by atoms with Crippen molar-refractivity contribution in [1.82, 2.24) is 29.5 Å². The van der Waals surface area contributed by atoms with Crippen LogP contribution in [0.2, 0.25) is 0 Å². The molecule has 0 N–H and O–H groups in total. The van der Waals surface area contributed by atoms with Crippen LogP contribution in [0, 0.1) is 0 Å². The summed E-state index contributed by atoms with van der Waals surface area (Å²) in [4.78, 5) is 26.5. The molecule has 4 heterocycles. The monoisotopic (exact) mass is 810 g/mol. The zero-order valence-corrected chi connectivity index (χ0v) is 34.0. The van der Waals surface area contributed by atoms with Crippen LogP contribution < -0.4 is 0 Å². The van der Waals surface area contributed by atoms with Crippen molar-refractivity contribution >= 4 is 53.4 Å². The minimum Gasteiger partial charge on any atom is -0.309 e. The van der Waals surface area contributed by atoms with Gasteiger partial charge in [-0.2, -0.15) is 0 Å². The minimum absolute atomic E-state index is 0.546. The third kappa shape index (κ3) is 6.14. The van der Waals surface area contributed by atoms with Crippen LogP contribution >= 0.6 is 11.3 Å². The maximum Gasteiger partial charge on any atom is 0.166 e. The molecule has 4 aromatic heterocycles. The van der Waals surface area contributed by atoms with Crippen LogP contribution in [0.5, 0.6) is 0 Å². The largest absolute Gasteiger partial charge is 0.309 e. The van der Waals surface area contributed by atoms with Crippen LogP contribution in [0.15, 0.2) is 206 Å². The minimum atomic E-state index is 0.546. The number of para-hydroxylation sites is 2. The van der Waals surface area contributed by atoms with Crippen LogP contribution in [0.1, 0.15) is 0 Å². The summed E-state index contributed by atoms with van der Waals surface area (Å²) in [5.74, 6) is 2.35. The van der Waals surface area contributed by atoms with Gasteiger partial charge in [0.05, 0.1) is 32.6 Å². The molecule has 6 nitrogen and oxygen atoms in total. The second-order valence-electron chi connectivity index (χ2n) is 15.3. The fourth-order valence-corrected chi connectivity index (χ4v) is 9.68. The second kappa shape index (κ2) is 14.9. The summed E-state index contributed by atoms with van der Waals surface area (Å²) in [5.41, 5.74) is 11.8. The number of fused-ring (bicyclic) bond motifs is 6. The molecule has 0 fully saturated rings. The molecule has 0 radical (unpaired) electrons. The lowest BCUT2D eigenvalue weighted by Gasteiger charge is -2.16. The molecule has 290 valence electrons. The second-order valence-corrected chi connectivity index (χ2v) is 16.3. The first-order valence-corrected chi connectivity index (χ1v) is 21.4. The first-order chi connectivity index (χ1) is 30.7. The molecule has 0 saturated heterocycles. The normalized spacial score (nSPS) is 11.5. The van der Waals surface area contributed by atoms with Gasteiger partial charge in [-0.15, -0.1) is 11.3 Å². The average Bonchev–Trinajstić information content (AvgIpc) is 3.90. The van der Waals surface area contributed by atoms with E-state index >= 15 is 0 Å². The van der Waals surface area contributed by atoms with Gasteiger partial charge in [0.2, 0.25) is 0 Å². The first kappa shape index (κ1) is 35.8. The lowest BCUT2D eigenvalue weighted by molar-refractivity contribution is 1.06. The van der Waals surface area contributed by atoms with Crippen molar-refractivity contribution in [2.75, 3.05) is 0 Å². The zero-order chi connectivity index (χ0) is 41.0. The van der Waals surface area contributed by atoms with Crippen molar-refractivity contribution in [3.05, 3.63) is 206 Å². The number of nitrogens with zero attached hydrogens (tertiary/aromatic N) is 6. The smallest absolute Gasteiger partial charge is 0.166 e. The molecule has 12 aromatic rings. The molecular formula is C55H34N6S. The van der Waals surface area contributed by atoms with Crippen LogP contribution in [0.25, 0.3) is 116 Å². The predicted molar refractivity (Wildman–Crippen MR) is 255 cm³/mol. The summed E-state index contributed by atoms with van der Waals surface area (Å²) in [5, 5.41) is 3.45. The maximum absolute atomic E-state index is 5.37. The highest BCUT2D eigenvalue weighted by Crippen LogP contribution is 2.42. The number of rotatable bonds is 7. The van der Waals surface area contributed by atoms with E-state index < -0.39 is 0 Å². The maximum atomic E-state index is 5.37. The Bertz CT molecular complexity index is 3560. The highest BCUT2D eigenvalue weighted by atomic mass is 32.1. The molecule has 0 aliphatic carbocycles. The van der Waals surface area contributed by atoms with Crippen LogP contribution in [-0.4, -0.2) is 29.5 Å². The molecule has 7 heteroatoms. The van der Waals surface area contributed by atoms with Crippen molar-refractivity contribution in [3.63, 3.8) is 0 Å². The third-order valence-electron chi connectivity index (χ3n) is 11.5. The Morgan fingerprint density at radius 1 is 0.339 bits per heavy atom. The molecule has 12 rings (SSSR count). The summed E-state index contributed by atoms with van der Waals surface area (Å²) in [6.45, 7) is 0. The summed E-state index contributed by atoms with van der Waals surface area (Å²) in [6, 6.07) is 71.5. The van der Waals surface area contributed by atoms with Crippen molar-refractivity contribution in [2.24, 2.45) is 0 Å². The highest BCUT2D eigenvalue weighted by Gasteiger charge is 2.22. The van der Waals surface area contributed by atoms with Gasteiger partial charge in [-0.3, -0.25) is 0 Å². The van der Waals surface area contributed by atoms with Crippen LogP contribution in [0.3, 0.4) is 0 Å². The highest BCUT2D eigenvalue weighted by molar-refractivity contribution is 7.26. The van der Waals surface area contributed by atoms with Gasteiger partial charge >= 0.3 is 0 Å². The molecule has 62 heavy (non-hydrogen) atoms. The first-order valence-electron chi connectivity index (χ1n) is 20.6. The fraction of sp³-hybridized carbons (Fsp3) is 0. The van der Waals surface area contributed by atoms with Crippen molar-refractivity contribution in [2.45, 2.75) is 0 Å². The SMILES string of the molecule is c1ccc(-c2ccc(-c3nc(-c4ccccc4)nc(-c4cc(-c5nc(-c6ccccc6)c6sc7ccccc7c6n5)ccc4-n4c5ccccc5c5ccccc54)n3)cc2)cc1. The lowest BCUT2D eigenvalue weighted by atomic mass is 10.0. The Balaban J connectivity index is 1.13. The number of hydrogen-bond acceptors (Lipinski definition) is 6. The van der Waals surface area contributed by atoms with Gasteiger partial charge in [-0.05, 0) is 47.5 Å². The van der Waals surface area contributed by atoms with Crippen molar-refractivity contribution in [3.8, 4) is 73.6 Å². The van der Waals surface area contributed by atoms with Gasteiger partial charge in [0.15, 0.2) is 23.3 Å². The molecule has 0 unspecified atom stereocenters. The van der Waals surface area contributed by atoms with Gasteiger partial charge in [0.25, 0.3) is 0 Å². The van der Waals surface area contributed by atoms with E-state index in [0.717, 1.165) is 77.0 Å². The van der Waals surface area contributed by atoms with E-state index in [1.165, 1.54) is 15.5 Å². The van der Waals surface area contributed by atoms with E-state index in [1.54, 1.807) is 11.3 Å². The number of thiophene rings is 1. The Morgan fingerprint density at radius 2 is 0.806 bits per heavy atom. The van der Waals surface area contributed by atoms with E-state index in [-0.39, 0.29) is 0 Å². The predicted octanol–water partition coefficient (Wildman–Crippen LogP) is 14.1. The molecule has 0 atom stereocenters. The summed E-state index contributed by atoms with van der Waals surface area (Å²) in [6.07, 6.45) is 0. The van der Waals surface area contributed by atoms with E-state index in [9.17, 15) is 0 Å². The van der Waals surface area contributed by atoms with Crippen molar-refractivity contribution < 1.29 is 0 Å². The molecule has 0 saturated carbocycles. The fourth-order valence-electron chi connectivity index (χ4n) is 8.53. The molecule has 0 spiro atoms. The van der Waals surface area contributed by atoms with E-state index in [2.05, 4.69) is 168 Å². The zero-order valence-electron chi connectivity index (χ0n) is 33.2. The number of aromatic nitrogens is 6. The summed E-state index contributed by atoms with van der Waals surface area (Å²) >= 11 is 1.73. The molecule has 0 bridgehead atoms. The quantitative estimate of drug-likeness (QED) is 0.160. The molecule has 0 amide bonds. The van der Waals surface area contributed by atoms with Crippen molar-refractivity contribution in [1.29, 1.82) is 0 Å². The lowest BCUT2D eigenvalue weighted by Crippen LogP contribution is -2.04. The molecule has 8 aromatic carbocycles. The third-order valence-corrected chi connectivity index (χ3v) is 12.7. The van der Waals surface area contributed by atoms with Gasteiger partial charge < -0.3 is 4.57 Å². The molecular weight excluding hydrogens is 777 g/mol. The number of hydrogen-bond donors (Lipinski definition) is 0. The Hall–Kier alpha value is -8.13. The topological polar surface area (TPSA) is 69.4 Å². The van der Waals surface area contributed by atoms with E-state index in [0.29, 0.717) is 23.3 Å².